The first kappa shape index (κ1) is 41.6. The smallest absolute Gasteiger partial charge is 0.407 e. The van der Waals surface area contributed by atoms with Crippen LogP contribution in [0.15, 0.2) is 115 Å². The summed E-state index contributed by atoms with van der Waals surface area (Å²) in [6.45, 7) is 1.13. The number of rotatable bonds is 13. The van der Waals surface area contributed by atoms with E-state index < -0.39 is 24.3 Å². The highest BCUT2D eigenvalue weighted by molar-refractivity contribution is 6.04. The number of methoxy groups -OCH3 is 2. The van der Waals surface area contributed by atoms with Gasteiger partial charge in [0.25, 0.3) is 0 Å². The van der Waals surface area contributed by atoms with Crippen molar-refractivity contribution in [3.63, 3.8) is 0 Å². The van der Waals surface area contributed by atoms with Gasteiger partial charge in [-0.15, -0.1) is 0 Å². The number of allylic oxidation sites excluding steroid dienone is 1. The molecular weight excluding hydrogens is 787 g/mol. The van der Waals surface area contributed by atoms with Gasteiger partial charge in [-0.05, 0) is 77.8 Å². The summed E-state index contributed by atoms with van der Waals surface area (Å²) < 4.78 is 9.66. The summed E-state index contributed by atoms with van der Waals surface area (Å²) in [5.74, 6) is 0.313. The number of carbonyl (C=O) groups is 4. The summed E-state index contributed by atoms with van der Waals surface area (Å²) in [5, 5.41) is 5.43. The van der Waals surface area contributed by atoms with E-state index in [9.17, 15) is 19.2 Å². The number of H-pyrrole nitrogens is 1. The highest BCUT2D eigenvalue weighted by atomic mass is 16.5. The number of nitrogens with zero attached hydrogens (tertiary/aromatic N) is 6. The van der Waals surface area contributed by atoms with Crippen molar-refractivity contribution in [2.75, 3.05) is 27.3 Å². The zero-order valence-electron chi connectivity index (χ0n) is 34.7. The zero-order chi connectivity index (χ0) is 43.0. The number of aromatic amines is 1. The molecule has 3 aliphatic heterocycles. The molecule has 6 heterocycles. The van der Waals surface area contributed by atoms with Crippen molar-refractivity contribution in [3.8, 4) is 22.4 Å². The normalized spacial score (nSPS) is 18.1. The van der Waals surface area contributed by atoms with Crippen LogP contribution in [0.4, 0.5) is 9.59 Å². The number of nitrogens with one attached hydrogen (secondary N) is 3. The Labute approximate surface area is 359 Å². The highest BCUT2D eigenvalue weighted by Gasteiger charge is 2.39. The number of benzene rings is 2. The maximum Gasteiger partial charge on any atom is 0.407 e. The number of ether oxygens (including phenoxy) is 2. The number of carbonyl (C=O) groups excluding carboxylic acids is 4. The first-order valence-corrected chi connectivity index (χ1v) is 20.9. The second-order valence-corrected chi connectivity index (χ2v) is 15.6. The van der Waals surface area contributed by atoms with E-state index in [1.165, 1.54) is 14.2 Å². The lowest BCUT2D eigenvalue weighted by atomic mass is 9.96. The van der Waals surface area contributed by atoms with Gasteiger partial charge in [0.05, 0.1) is 38.2 Å². The minimum absolute atomic E-state index is 0.157. The third-order valence-electron chi connectivity index (χ3n) is 11.7. The third-order valence-corrected chi connectivity index (χ3v) is 11.7. The average molecular weight is 836 g/mol. The summed E-state index contributed by atoms with van der Waals surface area (Å²) >= 11 is 0. The van der Waals surface area contributed by atoms with Crippen LogP contribution in [0.1, 0.15) is 60.9 Å². The maximum absolute atomic E-state index is 13.9. The Kier molecular flexibility index (Phi) is 12.8. The Hall–Kier alpha value is -7.16. The average Bonchev–Trinajstić information content (AvgIpc) is 4.16. The molecule has 0 radical (unpaired) electrons. The standard InChI is InChI=1S/C47H49N9O6/c1-61-46(59)53-38(26-35-9-3-5-21-48-35)44(57)55-23-7-11-41(55)37-25-34(28-50-37)32-15-13-30(14-16-32)31-17-19-33(20-18-31)40-29-51-43(52-40)42-12-8-24-56(42)45(58)39(54-47(60)62-2)27-36-10-4-6-22-49-36/h3-6,9-10,13-22,28-29,38-39,41-42H,7-8,11-12,23-27H2,1-2H3,(H,51,52)(H,53,59)(H,54,60)/t38-,39-,41-,42-/m0/s1. The van der Waals surface area contributed by atoms with E-state index in [0.717, 1.165) is 64.9 Å². The van der Waals surface area contributed by atoms with Crippen LogP contribution >= 0.6 is 0 Å². The Balaban J connectivity index is 0.887. The van der Waals surface area contributed by atoms with Gasteiger partial charge in [-0.3, -0.25) is 24.5 Å². The molecule has 0 spiro atoms. The molecular formula is C47H49N9O6. The number of aromatic nitrogens is 4. The van der Waals surface area contributed by atoms with E-state index in [1.807, 2.05) is 41.4 Å². The van der Waals surface area contributed by atoms with Crippen LogP contribution in [0, 0.1) is 0 Å². The van der Waals surface area contributed by atoms with Crippen molar-refractivity contribution in [2.45, 2.75) is 69.1 Å². The molecule has 15 heteroatoms. The Morgan fingerprint density at radius 3 is 1.73 bits per heavy atom. The van der Waals surface area contributed by atoms with Crippen LogP contribution in [0.2, 0.25) is 0 Å². The van der Waals surface area contributed by atoms with Crippen LogP contribution in [-0.2, 0) is 31.9 Å². The van der Waals surface area contributed by atoms with E-state index >= 15 is 0 Å². The molecule has 3 N–H and O–H groups in total. The first-order valence-electron chi connectivity index (χ1n) is 20.9. The van der Waals surface area contributed by atoms with Crippen molar-refractivity contribution in [1.82, 2.24) is 40.4 Å². The summed E-state index contributed by atoms with van der Waals surface area (Å²) in [5.41, 5.74) is 8.41. The van der Waals surface area contributed by atoms with Crippen molar-refractivity contribution in [3.05, 3.63) is 132 Å². The van der Waals surface area contributed by atoms with Crippen LogP contribution in [0.5, 0.6) is 0 Å². The van der Waals surface area contributed by atoms with E-state index in [2.05, 4.69) is 74.1 Å². The van der Waals surface area contributed by atoms with Gasteiger partial charge in [0.2, 0.25) is 11.8 Å². The molecule has 3 aromatic heterocycles. The zero-order valence-corrected chi connectivity index (χ0v) is 34.7. The van der Waals surface area contributed by atoms with E-state index in [1.54, 1.807) is 29.6 Å². The molecule has 2 fully saturated rings. The molecule has 15 nitrogen and oxygen atoms in total. The van der Waals surface area contributed by atoms with Gasteiger partial charge in [-0.2, -0.15) is 0 Å². The molecule has 0 bridgehead atoms. The largest absolute Gasteiger partial charge is 0.453 e. The third kappa shape index (κ3) is 9.41. The Bertz CT molecular complexity index is 2440. The Morgan fingerprint density at radius 2 is 1.19 bits per heavy atom. The van der Waals surface area contributed by atoms with Gasteiger partial charge in [0.15, 0.2) is 0 Å². The monoisotopic (exact) mass is 835 g/mol. The highest BCUT2D eigenvalue weighted by Crippen LogP contribution is 2.34. The predicted molar refractivity (Wildman–Crippen MR) is 232 cm³/mol. The minimum atomic E-state index is -0.837. The van der Waals surface area contributed by atoms with Crippen molar-refractivity contribution in [2.24, 2.45) is 4.99 Å². The number of likely N-dealkylation sites (tertiary alicyclic amines) is 2. The van der Waals surface area contributed by atoms with E-state index in [0.29, 0.717) is 36.7 Å². The summed E-state index contributed by atoms with van der Waals surface area (Å²) in [6, 6.07) is 25.6. The molecule has 62 heavy (non-hydrogen) atoms. The second kappa shape index (κ2) is 19.0. The fraction of sp³-hybridized carbons (Fsp3) is 0.319. The molecule has 0 unspecified atom stereocenters. The number of hydrogen-bond donors (Lipinski definition) is 3. The van der Waals surface area contributed by atoms with Gasteiger partial charge in [-0.25, -0.2) is 14.6 Å². The summed E-state index contributed by atoms with van der Waals surface area (Å²) in [6.07, 6.45) is 10.0. The second-order valence-electron chi connectivity index (χ2n) is 15.6. The van der Waals surface area contributed by atoms with Gasteiger partial charge in [-0.1, -0.05) is 60.7 Å². The molecule has 2 saturated heterocycles. The van der Waals surface area contributed by atoms with Gasteiger partial charge in [0, 0.05) is 68.0 Å². The number of hydrogen-bond acceptors (Lipinski definition) is 10. The number of amides is 4. The van der Waals surface area contributed by atoms with Gasteiger partial charge < -0.3 is 34.9 Å². The number of pyridine rings is 2. The molecule has 8 rings (SSSR count). The minimum Gasteiger partial charge on any atom is -0.453 e. The van der Waals surface area contributed by atoms with Crippen LogP contribution in [0.25, 0.3) is 28.0 Å². The van der Waals surface area contributed by atoms with Gasteiger partial charge >= 0.3 is 12.2 Å². The molecule has 3 aliphatic rings. The van der Waals surface area contributed by atoms with Crippen LogP contribution in [0.3, 0.4) is 0 Å². The summed E-state index contributed by atoms with van der Waals surface area (Å²) in [7, 11) is 2.56. The van der Waals surface area contributed by atoms with E-state index in [4.69, 9.17) is 19.5 Å². The lowest BCUT2D eigenvalue weighted by molar-refractivity contribution is -0.134. The predicted octanol–water partition coefficient (Wildman–Crippen LogP) is 6.31. The van der Waals surface area contributed by atoms with Crippen molar-refractivity contribution < 1.29 is 28.7 Å². The molecule has 0 saturated carbocycles. The molecule has 318 valence electrons. The van der Waals surface area contributed by atoms with Gasteiger partial charge in [0.1, 0.15) is 17.9 Å². The topological polar surface area (TPSA) is 184 Å². The van der Waals surface area contributed by atoms with E-state index in [-0.39, 0.29) is 36.7 Å². The fourth-order valence-corrected chi connectivity index (χ4v) is 8.55. The molecule has 4 amide bonds. The molecule has 0 aliphatic carbocycles. The fourth-order valence-electron chi connectivity index (χ4n) is 8.55. The van der Waals surface area contributed by atoms with Crippen LogP contribution in [-0.4, -0.2) is 105 Å². The number of aliphatic imine (C=N–C) groups is 1. The van der Waals surface area contributed by atoms with Crippen molar-refractivity contribution >= 4 is 35.3 Å². The van der Waals surface area contributed by atoms with Crippen molar-refractivity contribution in [1.29, 1.82) is 0 Å². The number of alkyl carbamates (subject to hydrolysis) is 2. The van der Waals surface area contributed by atoms with Crippen LogP contribution < -0.4 is 10.6 Å². The Morgan fingerprint density at radius 1 is 0.677 bits per heavy atom. The molecule has 4 atom stereocenters. The SMILES string of the molecule is COC(=O)N[C@@H](Cc1ccccn1)C(=O)N1CCC[C@H]1C1=NC=C(c2ccc(-c3ccc(-c4cnc([C@@H]5CCCN5C(=O)[C@H](Cc5ccccn5)NC(=O)OC)[nH]4)cc3)cc2)C1. The lowest BCUT2D eigenvalue weighted by Gasteiger charge is -2.29. The molecule has 2 aromatic carbocycles. The number of imidazole rings is 1. The maximum atomic E-state index is 13.9. The summed E-state index contributed by atoms with van der Waals surface area (Å²) in [4.78, 5) is 77.5. The first-order chi connectivity index (χ1) is 30.3. The molecule has 5 aromatic rings. The quantitative estimate of drug-likeness (QED) is 0.122. The lowest BCUT2D eigenvalue weighted by Crippen LogP contribution is -2.52.